The molecule has 0 radical (unpaired) electrons. The average Bonchev–Trinajstić information content (AvgIpc) is 3.08. The number of alkyl halides is 1. The summed E-state index contributed by atoms with van der Waals surface area (Å²) >= 11 is 6.44. The summed E-state index contributed by atoms with van der Waals surface area (Å²) in [6.07, 6.45) is 2.47. The Bertz CT molecular complexity index is 1310. The molecule has 10 heteroatoms. The van der Waals surface area contributed by atoms with Crippen LogP contribution in [-0.4, -0.2) is 46.0 Å². The van der Waals surface area contributed by atoms with E-state index in [1.54, 1.807) is 54.1 Å². The number of hydrogen-bond acceptors (Lipinski definition) is 4. The molecular weight excluding hydrogens is 414 g/mol. The molecule has 154 valence electrons. The molecule has 0 bridgehead atoms. The van der Waals surface area contributed by atoms with Crippen LogP contribution in [0.2, 0.25) is 5.02 Å². The third kappa shape index (κ3) is 2.88. The number of aromatic nitrogens is 4. The first kappa shape index (κ1) is 18.8. The van der Waals surface area contributed by atoms with Crippen LogP contribution >= 0.6 is 11.6 Å². The van der Waals surface area contributed by atoms with Gasteiger partial charge in [0.15, 0.2) is 11.6 Å². The number of halogens is 3. The molecule has 0 aliphatic heterocycles. The number of nitrogens with zero attached hydrogens (tertiary/aromatic N) is 4. The van der Waals surface area contributed by atoms with E-state index in [1.807, 2.05) is 0 Å². The first-order valence-corrected chi connectivity index (χ1v) is 9.69. The molecule has 7 nitrogen and oxygen atoms in total. The normalized spacial score (nSPS) is 18.2. The highest BCUT2D eigenvalue weighted by Crippen LogP contribution is 2.42. The highest BCUT2D eigenvalue weighted by atomic mass is 35.5. The molecular formula is C20H17ClF2N6O. The average molecular weight is 431 g/mol. The SMILES string of the molecule is CN(C)c1c(F)c(Cl)c(-c2ccn3nc(NC(=O)C4CC4F)cc3c2)c2cn[nH]c12. The summed E-state index contributed by atoms with van der Waals surface area (Å²) in [4.78, 5) is 13.6. The van der Waals surface area contributed by atoms with Crippen molar-refractivity contribution in [1.82, 2.24) is 19.8 Å². The number of benzene rings is 1. The minimum absolute atomic E-state index is 0.00675. The Morgan fingerprint density at radius 3 is 2.87 bits per heavy atom. The van der Waals surface area contributed by atoms with E-state index in [0.717, 1.165) is 0 Å². The first-order chi connectivity index (χ1) is 14.3. The molecule has 3 heterocycles. The highest BCUT2D eigenvalue weighted by molar-refractivity contribution is 6.36. The molecule has 0 spiro atoms. The standard InChI is InChI=1S/C20H17ClF2N6O/c1-28(2)19-17(23)16(21)15(12-8-24-26-18(12)19)9-3-4-29-10(5-9)6-14(27-29)25-20(30)11-7-13(11)22/h3-6,8,11,13H,7H2,1-2H3,(H,24,26)(H,25,27,30). The fourth-order valence-corrected chi connectivity index (χ4v) is 3.97. The Morgan fingerprint density at radius 1 is 1.40 bits per heavy atom. The Labute approximate surface area is 174 Å². The Balaban J connectivity index is 1.59. The summed E-state index contributed by atoms with van der Waals surface area (Å²) in [6.45, 7) is 0. The molecule has 0 saturated heterocycles. The fourth-order valence-electron chi connectivity index (χ4n) is 3.67. The van der Waals surface area contributed by atoms with E-state index in [4.69, 9.17) is 11.6 Å². The smallest absolute Gasteiger partial charge is 0.231 e. The molecule has 1 amide bonds. The molecule has 2 atom stereocenters. The molecule has 4 aromatic rings. The number of hydrogen-bond donors (Lipinski definition) is 2. The Kier molecular flexibility index (Phi) is 4.18. The van der Waals surface area contributed by atoms with Crippen molar-refractivity contribution < 1.29 is 13.6 Å². The zero-order chi connectivity index (χ0) is 21.2. The lowest BCUT2D eigenvalue weighted by Crippen LogP contribution is -2.15. The summed E-state index contributed by atoms with van der Waals surface area (Å²) < 4.78 is 29.7. The van der Waals surface area contributed by atoms with Crippen LogP contribution in [0.4, 0.5) is 20.3 Å². The molecule has 2 unspecified atom stereocenters. The predicted molar refractivity (Wildman–Crippen MR) is 111 cm³/mol. The van der Waals surface area contributed by atoms with Gasteiger partial charge in [-0.3, -0.25) is 9.89 Å². The third-order valence-corrected chi connectivity index (χ3v) is 5.62. The van der Waals surface area contributed by atoms with Crippen molar-refractivity contribution in [3.05, 3.63) is 41.4 Å². The van der Waals surface area contributed by atoms with E-state index < -0.39 is 17.9 Å². The number of aromatic amines is 1. The van der Waals surface area contributed by atoms with Gasteiger partial charge in [-0.2, -0.15) is 10.2 Å². The number of carbonyl (C=O) groups excluding carboxylic acids is 1. The van der Waals surface area contributed by atoms with E-state index in [1.165, 1.54) is 0 Å². The van der Waals surface area contributed by atoms with Gasteiger partial charge >= 0.3 is 0 Å². The summed E-state index contributed by atoms with van der Waals surface area (Å²) in [5, 5.41) is 14.5. The van der Waals surface area contributed by atoms with Crippen molar-refractivity contribution in [1.29, 1.82) is 0 Å². The largest absolute Gasteiger partial charge is 0.373 e. The second-order valence-corrected chi connectivity index (χ2v) is 7.94. The van der Waals surface area contributed by atoms with Crippen molar-refractivity contribution in [2.45, 2.75) is 12.6 Å². The van der Waals surface area contributed by atoms with Crippen LogP contribution in [0.3, 0.4) is 0 Å². The van der Waals surface area contributed by atoms with E-state index in [2.05, 4.69) is 20.6 Å². The molecule has 5 rings (SSSR count). The summed E-state index contributed by atoms with van der Waals surface area (Å²) in [6, 6.07) is 5.22. The second kappa shape index (κ2) is 6.66. The van der Waals surface area contributed by atoms with Crippen molar-refractivity contribution in [3.8, 4) is 11.1 Å². The van der Waals surface area contributed by atoms with Gasteiger partial charge in [0.25, 0.3) is 0 Å². The monoisotopic (exact) mass is 430 g/mol. The first-order valence-electron chi connectivity index (χ1n) is 9.31. The number of pyridine rings is 1. The topological polar surface area (TPSA) is 78.3 Å². The van der Waals surface area contributed by atoms with E-state index in [0.29, 0.717) is 39.1 Å². The summed E-state index contributed by atoms with van der Waals surface area (Å²) in [7, 11) is 3.46. The van der Waals surface area contributed by atoms with Crippen molar-refractivity contribution >= 4 is 45.4 Å². The van der Waals surface area contributed by atoms with Crippen LogP contribution in [0.5, 0.6) is 0 Å². The van der Waals surface area contributed by atoms with Gasteiger partial charge in [0.2, 0.25) is 5.91 Å². The van der Waals surface area contributed by atoms with Crippen LogP contribution < -0.4 is 10.2 Å². The van der Waals surface area contributed by atoms with Gasteiger partial charge in [-0.05, 0) is 24.1 Å². The van der Waals surface area contributed by atoms with Gasteiger partial charge in [-0.1, -0.05) is 11.6 Å². The fraction of sp³-hybridized carbons (Fsp3) is 0.250. The number of nitrogens with one attached hydrogen (secondary N) is 2. The lowest BCUT2D eigenvalue weighted by atomic mass is 10.0. The van der Waals surface area contributed by atoms with Crippen molar-refractivity contribution in [2.24, 2.45) is 5.92 Å². The Morgan fingerprint density at radius 2 is 2.17 bits per heavy atom. The summed E-state index contributed by atoms with van der Waals surface area (Å²) in [5.41, 5.74) is 2.73. The lowest BCUT2D eigenvalue weighted by Gasteiger charge is -2.18. The zero-order valence-corrected chi connectivity index (χ0v) is 16.8. The van der Waals surface area contributed by atoms with Crippen LogP contribution in [0.1, 0.15) is 6.42 Å². The molecule has 1 aromatic carbocycles. The predicted octanol–water partition coefficient (Wildman–Crippen LogP) is 4.03. The Hall–Kier alpha value is -3.20. The quantitative estimate of drug-likeness (QED) is 0.512. The van der Waals surface area contributed by atoms with Gasteiger partial charge in [0.1, 0.15) is 11.9 Å². The van der Waals surface area contributed by atoms with Crippen LogP contribution in [0.25, 0.3) is 27.5 Å². The summed E-state index contributed by atoms with van der Waals surface area (Å²) in [5.74, 6) is -1.20. The highest BCUT2D eigenvalue weighted by Gasteiger charge is 2.43. The maximum atomic E-state index is 15.1. The molecule has 1 aliphatic carbocycles. The number of amides is 1. The van der Waals surface area contributed by atoms with Gasteiger partial charge in [-0.25, -0.2) is 13.3 Å². The zero-order valence-electron chi connectivity index (χ0n) is 16.1. The van der Waals surface area contributed by atoms with Crippen LogP contribution in [0, 0.1) is 11.7 Å². The maximum Gasteiger partial charge on any atom is 0.231 e. The number of carbonyl (C=O) groups is 1. The molecule has 1 saturated carbocycles. The van der Waals surface area contributed by atoms with Gasteiger partial charge < -0.3 is 10.2 Å². The van der Waals surface area contributed by atoms with Crippen LogP contribution in [-0.2, 0) is 4.79 Å². The molecule has 3 aromatic heterocycles. The van der Waals surface area contributed by atoms with Gasteiger partial charge in [0, 0.05) is 37.3 Å². The lowest BCUT2D eigenvalue weighted by molar-refractivity contribution is -0.117. The minimum Gasteiger partial charge on any atom is -0.373 e. The number of fused-ring (bicyclic) bond motifs is 2. The van der Waals surface area contributed by atoms with Gasteiger partial charge in [-0.15, -0.1) is 0 Å². The van der Waals surface area contributed by atoms with E-state index in [-0.39, 0.29) is 17.4 Å². The number of H-pyrrole nitrogens is 1. The minimum atomic E-state index is -1.08. The number of anilines is 2. The van der Waals surface area contributed by atoms with Crippen molar-refractivity contribution in [2.75, 3.05) is 24.3 Å². The second-order valence-electron chi connectivity index (χ2n) is 7.57. The molecule has 30 heavy (non-hydrogen) atoms. The molecule has 1 aliphatic rings. The number of rotatable bonds is 4. The van der Waals surface area contributed by atoms with Gasteiger partial charge in [0.05, 0.1) is 28.2 Å². The molecule has 2 N–H and O–H groups in total. The van der Waals surface area contributed by atoms with Crippen molar-refractivity contribution in [3.63, 3.8) is 0 Å². The molecule has 1 fully saturated rings. The van der Waals surface area contributed by atoms with E-state index >= 15 is 4.39 Å². The van der Waals surface area contributed by atoms with Crippen LogP contribution in [0.15, 0.2) is 30.6 Å². The third-order valence-electron chi connectivity index (χ3n) is 5.27. The van der Waals surface area contributed by atoms with E-state index in [9.17, 15) is 9.18 Å². The maximum absolute atomic E-state index is 15.1.